The Morgan fingerprint density at radius 3 is 2.31 bits per heavy atom. The number of aliphatic hydroxyl groups is 1. The van der Waals surface area contributed by atoms with Crippen molar-refractivity contribution in [3.8, 4) is 28.6 Å². The van der Waals surface area contributed by atoms with Crippen LogP contribution >= 0.6 is 0 Å². The average Bonchev–Trinajstić information content (AvgIpc) is 3.64. The fraction of sp³-hybridized carbons (Fsp3) is 0.464. The van der Waals surface area contributed by atoms with Crippen LogP contribution in [0, 0.1) is 0 Å². The zero-order valence-corrected chi connectivity index (χ0v) is 21.4. The van der Waals surface area contributed by atoms with Crippen LogP contribution in [0.5, 0.6) is 17.4 Å². The third kappa shape index (κ3) is 6.84. The molecule has 1 atom stereocenters. The Morgan fingerprint density at radius 2 is 1.71 bits per heavy atom. The Hall–Kier alpha value is -2.87. The summed E-state index contributed by atoms with van der Waals surface area (Å²) in [5, 5.41) is 15.6. The van der Waals surface area contributed by atoms with Gasteiger partial charge in [0.25, 0.3) is 0 Å². The molecule has 1 saturated carbocycles. The lowest BCUT2D eigenvalue weighted by Crippen LogP contribution is -2.37. The van der Waals surface area contributed by atoms with E-state index in [9.17, 15) is 5.11 Å². The quantitative estimate of drug-likeness (QED) is 0.416. The van der Waals surface area contributed by atoms with Gasteiger partial charge in [-0.05, 0) is 57.9 Å². The topological polar surface area (TPSA) is 69.0 Å². The first kappa shape index (κ1) is 25.2. The molecule has 1 heterocycles. The molecular formula is C28H37N3O4. The SMILES string of the molecule is COc1ccc(Oc2c(CN(C[C@@H](O)COC(C)(C)C)C3CC3)c(-c3ccccc3)nn2C)cc1. The number of aliphatic hydroxyl groups excluding tert-OH is 1. The van der Waals surface area contributed by atoms with Gasteiger partial charge in [-0.2, -0.15) is 5.10 Å². The fourth-order valence-corrected chi connectivity index (χ4v) is 4.06. The molecule has 1 aromatic heterocycles. The number of nitrogens with zero attached hydrogens (tertiary/aromatic N) is 3. The second-order valence-electron chi connectivity index (χ2n) is 10.1. The number of rotatable bonds is 11. The van der Waals surface area contributed by atoms with Crippen molar-refractivity contribution in [2.75, 3.05) is 20.3 Å². The number of aryl methyl sites for hydroxylation is 1. The molecule has 1 aliphatic rings. The lowest BCUT2D eigenvalue weighted by atomic mass is 10.1. The van der Waals surface area contributed by atoms with Crippen molar-refractivity contribution in [1.29, 1.82) is 0 Å². The summed E-state index contributed by atoms with van der Waals surface area (Å²) >= 11 is 0. The van der Waals surface area contributed by atoms with E-state index in [1.54, 1.807) is 11.8 Å². The highest BCUT2D eigenvalue weighted by atomic mass is 16.5. The van der Waals surface area contributed by atoms with E-state index in [1.165, 1.54) is 0 Å². The van der Waals surface area contributed by atoms with E-state index >= 15 is 0 Å². The third-order valence-electron chi connectivity index (χ3n) is 5.99. The summed E-state index contributed by atoms with van der Waals surface area (Å²) in [7, 11) is 3.55. The molecule has 1 aliphatic carbocycles. The predicted molar refractivity (Wildman–Crippen MR) is 137 cm³/mol. The molecule has 1 N–H and O–H groups in total. The highest BCUT2D eigenvalue weighted by Gasteiger charge is 2.33. The fourth-order valence-electron chi connectivity index (χ4n) is 4.06. The van der Waals surface area contributed by atoms with Crippen molar-refractivity contribution in [2.24, 2.45) is 7.05 Å². The minimum absolute atomic E-state index is 0.283. The van der Waals surface area contributed by atoms with Crippen LogP contribution in [0.2, 0.25) is 0 Å². The Balaban J connectivity index is 1.62. The van der Waals surface area contributed by atoms with Crippen molar-refractivity contribution in [1.82, 2.24) is 14.7 Å². The number of methoxy groups -OCH3 is 1. The van der Waals surface area contributed by atoms with Crippen molar-refractivity contribution in [2.45, 2.75) is 57.9 Å². The van der Waals surface area contributed by atoms with Gasteiger partial charge in [0.1, 0.15) is 17.2 Å². The smallest absolute Gasteiger partial charge is 0.222 e. The van der Waals surface area contributed by atoms with Crippen LogP contribution in [0.1, 0.15) is 39.2 Å². The minimum Gasteiger partial charge on any atom is -0.497 e. The van der Waals surface area contributed by atoms with Crippen LogP contribution in [0.15, 0.2) is 54.6 Å². The molecule has 35 heavy (non-hydrogen) atoms. The zero-order chi connectivity index (χ0) is 25.0. The summed E-state index contributed by atoms with van der Waals surface area (Å²) in [4.78, 5) is 2.33. The Kier molecular flexibility index (Phi) is 7.79. The molecule has 7 nitrogen and oxygen atoms in total. The largest absolute Gasteiger partial charge is 0.497 e. The van der Waals surface area contributed by atoms with Gasteiger partial charge in [-0.15, -0.1) is 0 Å². The van der Waals surface area contributed by atoms with Crippen LogP contribution in [0.25, 0.3) is 11.3 Å². The highest BCUT2D eigenvalue weighted by molar-refractivity contribution is 5.65. The van der Waals surface area contributed by atoms with Crippen molar-refractivity contribution >= 4 is 0 Å². The van der Waals surface area contributed by atoms with Crippen LogP contribution in [0.3, 0.4) is 0 Å². The predicted octanol–water partition coefficient (Wildman–Crippen LogP) is 5.03. The summed E-state index contributed by atoms with van der Waals surface area (Å²) in [5.41, 5.74) is 2.65. The first-order valence-electron chi connectivity index (χ1n) is 12.2. The molecule has 0 amide bonds. The zero-order valence-electron chi connectivity index (χ0n) is 21.4. The van der Waals surface area contributed by atoms with E-state index in [4.69, 9.17) is 19.3 Å². The summed E-state index contributed by atoms with van der Waals surface area (Å²) < 4.78 is 19.3. The number of hydrogen-bond acceptors (Lipinski definition) is 6. The van der Waals surface area contributed by atoms with Gasteiger partial charge in [-0.1, -0.05) is 30.3 Å². The standard InChI is InChI=1S/C28H37N3O4/c1-28(2,3)34-19-22(32)17-31(21-11-12-21)18-25-26(20-9-7-6-8-10-20)29-30(4)27(25)35-24-15-13-23(33-5)14-16-24/h6-10,13-16,21-22,32H,11-12,17-19H2,1-5H3/t22-/m1/s1. The maximum atomic E-state index is 10.8. The van der Waals surface area contributed by atoms with Gasteiger partial charge in [-0.25, -0.2) is 4.68 Å². The summed E-state index contributed by atoms with van der Waals surface area (Å²) in [6, 6.07) is 18.2. The van der Waals surface area contributed by atoms with E-state index in [1.807, 2.05) is 70.3 Å². The van der Waals surface area contributed by atoms with E-state index in [-0.39, 0.29) is 5.60 Å². The Labute approximate surface area is 208 Å². The molecule has 0 radical (unpaired) electrons. The summed E-state index contributed by atoms with van der Waals surface area (Å²) in [6.07, 6.45) is 1.68. The maximum Gasteiger partial charge on any atom is 0.222 e. The van der Waals surface area contributed by atoms with Gasteiger partial charge >= 0.3 is 0 Å². The van der Waals surface area contributed by atoms with Crippen LogP contribution in [0.4, 0.5) is 0 Å². The molecule has 7 heteroatoms. The van der Waals surface area contributed by atoms with Crippen LogP contribution in [-0.2, 0) is 18.3 Å². The van der Waals surface area contributed by atoms with Gasteiger partial charge < -0.3 is 19.3 Å². The number of aromatic nitrogens is 2. The molecule has 1 fully saturated rings. The minimum atomic E-state index is -0.572. The first-order valence-corrected chi connectivity index (χ1v) is 12.2. The molecule has 0 aliphatic heterocycles. The molecule has 0 spiro atoms. The molecule has 3 aromatic rings. The van der Waals surface area contributed by atoms with Crippen molar-refractivity contribution in [3.05, 3.63) is 60.2 Å². The maximum absolute atomic E-state index is 10.8. The Morgan fingerprint density at radius 1 is 1.06 bits per heavy atom. The molecule has 0 bridgehead atoms. The molecule has 2 aromatic carbocycles. The molecule has 0 saturated heterocycles. The monoisotopic (exact) mass is 479 g/mol. The Bertz CT molecular complexity index is 1090. The summed E-state index contributed by atoms with van der Waals surface area (Å²) in [5.74, 6) is 2.19. The van der Waals surface area contributed by atoms with Gasteiger partial charge in [0.05, 0.1) is 31.0 Å². The second-order valence-corrected chi connectivity index (χ2v) is 10.1. The van der Waals surface area contributed by atoms with E-state index in [2.05, 4.69) is 17.0 Å². The van der Waals surface area contributed by atoms with Crippen molar-refractivity contribution < 1.29 is 19.3 Å². The van der Waals surface area contributed by atoms with Gasteiger partial charge in [-0.3, -0.25) is 4.90 Å². The first-order chi connectivity index (χ1) is 16.7. The van der Waals surface area contributed by atoms with Crippen molar-refractivity contribution in [3.63, 3.8) is 0 Å². The second kappa shape index (κ2) is 10.8. The number of hydrogen-bond donors (Lipinski definition) is 1. The lowest BCUT2D eigenvalue weighted by molar-refractivity contribution is -0.0572. The normalized spacial score (nSPS) is 14.8. The molecular weight excluding hydrogens is 442 g/mol. The molecule has 4 rings (SSSR count). The van der Waals surface area contributed by atoms with E-state index in [0.717, 1.165) is 35.4 Å². The van der Waals surface area contributed by atoms with Gasteiger partial charge in [0.15, 0.2) is 0 Å². The van der Waals surface area contributed by atoms with Crippen LogP contribution < -0.4 is 9.47 Å². The lowest BCUT2D eigenvalue weighted by Gasteiger charge is -2.27. The molecule has 188 valence electrons. The highest BCUT2D eigenvalue weighted by Crippen LogP contribution is 2.37. The number of ether oxygens (including phenoxy) is 3. The van der Waals surface area contributed by atoms with E-state index in [0.29, 0.717) is 37.4 Å². The van der Waals surface area contributed by atoms with Crippen LogP contribution in [-0.4, -0.2) is 57.8 Å². The number of benzene rings is 2. The average molecular weight is 480 g/mol. The van der Waals surface area contributed by atoms with E-state index < -0.39 is 6.10 Å². The van der Waals surface area contributed by atoms with Gasteiger partial charge in [0, 0.05) is 31.7 Å². The molecule has 0 unspecified atom stereocenters. The third-order valence-corrected chi connectivity index (χ3v) is 5.99. The van der Waals surface area contributed by atoms with Gasteiger partial charge in [0.2, 0.25) is 5.88 Å². The summed E-state index contributed by atoms with van der Waals surface area (Å²) in [6.45, 7) is 7.47.